The van der Waals surface area contributed by atoms with Crippen molar-refractivity contribution in [2.45, 2.75) is 11.3 Å². The van der Waals surface area contributed by atoms with Crippen molar-refractivity contribution in [2.24, 2.45) is 0 Å². The summed E-state index contributed by atoms with van der Waals surface area (Å²) in [5, 5.41) is 8.67. The van der Waals surface area contributed by atoms with E-state index in [2.05, 4.69) is 14.4 Å². The average molecular weight is 325 g/mol. The molecule has 0 fully saturated rings. The van der Waals surface area contributed by atoms with E-state index >= 15 is 0 Å². The number of sulfonamides is 2. The number of carboxylic acid groups (broad SMARTS) is 1. The molecule has 1 aromatic heterocycles. The fourth-order valence-corrected chi connectivity index (χ4v) is 2.87. The molecule has 20 heavy (non-hydrogen) atoms. The molecule has 0 saturated heterocycles. The molecule has 0 aliphatic carbocycles. The number of aromatic carboxylic acids is 1. The van der Waals surface area contributed by atoms with Crippen LogP contribution < -0.4 is 9.44 Å². The lowest BCUT2D eigenvalue weighted by molar-refractivity contribution is 0.0691. The van der Waals surface area contributed by atoms with Gasteiger partial charge in [0.25, 0.3) is 0 Å². The summed E-state index contributed by atoms with van der Waals surface area (Å²) in [6, 6.07) is 0.999. The molecule has 9 nitrogen and oxygen atoms in total. The number of carboxylic acids is 1. The lowest BCUT2D eigenvalue weighted by Crippen LogP contribution is -2.29. The summed E-state index contributed by atoms with van der Waals surface area (Å²) in [5.41, 5.74) is -0.232. The van der Waals surface area contributed by atoms with Crippen LogP contribution in [0.2, 0.25) is 0 Å². The van der Waals surface area contributed by atoms with E-state index in [1.807, 2.05) is 0 Å². The van der Waals surface area contributed by atoms with Gasteiger partial charge in [0.1, 0.15) is 10.6 Å². The second-order valence-electron chi connectivity index (χ2n) is 3.97. The zero-order chi connectivity index (χ0) is 15.4. The number of hydrogen-bond acceptors (Lipinski definition) is 5. The van der Waals surface area contributed by atoms with Crippen LogP contribution in [-0.2, 0) is 20.0 Å². The number of carbonyl (C=O) groups is 1. The molecule has 4 N–H and O–H groups in total. The Kier molecular flexibility index (Phi) is 5.28. The Labute approximate surface area is 116 Å². The van der Waals surface area contributed by atoms with Gasteiger partial charge in [0.15, 0.2) is 0 Å². The Morgan fingerprint density at radius 3 is 2.35 bits per heavy atom. The second kappa shape index (κ2) is 6.35. The predicted octanol–water partition coefficient (Wildman–Crippen LogP) is -1.07. The topological polar surface area (TPSA) is 145 Å². The fourth-order valence-electron chi connectivity index (χ4n) is 1.29. The van der Waals surface area contributed by atoms with E-state index in [0.717, 1.165) is 18.5 Å². The molecule has 0 saturated carbocycles. The van der Waals surface area contributed by atoms with Crippen LogP contribution in [0.15, 0.2) is 17.2 Å². The van der Waals surface area contributed by atoms with Crippen LogP contribution in [0, 0.1) is 0 Å². The van der Waals surface area contributed by atoms with Gasteiger partial charge in [0.05, 0.1) is 6.26 Å². The molecular weight excluding hydrogens is 310 g/mol. The third kappa shape index (κ3) is 5.28. The molecule has 0 aromatic carbocycles. The van der Waals surface area contributed by atoms with Gasteiger partial charge in [-0.15, -0.1) is 0 Å². The van der Waals surface area contributed by atoms with Gasteiger partial charge in [-0.3, -0.25) is 0 Å². The summed E-state index contributed by atoms with van der Waals surface area (Å²) in [5.74, 6) is -1.26. The van der Waals surface area contributed by atoms with Crippen LogP contribution in [0.3, 0.4) is 0 Å². The summed E-state index contributed by atoms with van der Waals surface area (Å²) < 4.78 is 49.5. The van der Waals surface area contributed by atoms with Crippen molar-refractivity contribution in [2.75, 3.05) is 19.3 Å². The fraction of sp³-hybridized carbons (Fsp3) is 0.444. The highest BCUT2D eigenvalue weighted by Crippen LogP contribution is 2.10. The van der Waals surface area contributed by atoms with E-state index in [4.69, 9.17) is 5.11 Å². The van der Waals surface area contributed by atoms with Gasteiger partial charge in [0, 0.05) is 19.3 Å². The quantitative estimate of drug-likeness (QED) is 0.448. The number of H-pyrrole nitrogens is 1. The normalized spacial score (nSPS) is 12.4. The highest BCUT2D eigenvalue weighted by molar-refractivity contribution is 7.89. The zero-order valence-electron chi connectivity index (χ0n) is 10.6. The maximum Gasteiger partial charge on any atom is 0.352 e. The Morgan fingerprint density at radius 2 is 1.85 bits per heavy atom. The predicted molar refractivity (Wildman–Crippen MR) is 70.4 cm³/mol. The molecule has 114 valence electrons. The summed E-state index contributed by atoms with van der Waals surface area (Å²) >= 11 is 0. The maximum absolute atomic E-state index is 11.8. The first-order valence-corrected chi connectivity index (χ1v) is 8.85. The van der Waals surface area contributed by atoms with Crippen molar-refractivity contribution in [3.63, 3.8) is 0 Å². The molecule has 1 heterocycles. The molecule has 0 bridgehead atoms. The first-order valence-electron chi connectivity index (χ1n) is 5.48. The molecule has 0 spiro atoms. The van der Waals surface area contributed by atoms with Crippen LogP contribution in [0.5, 0.6) is 0 Å². The summed E-state index contributed by atoms with van der Waals surface area (Å²) in [6.07, 6.45) is 2.34. The lowest BCUT2D eigenvalue weighted by Gasteiger charge is -2.05. The third-order valence-electron chi connectivity index (χ3n) is 2.21. The lowest BCUT2D eigenvalue weighted by atomic mass is 10.4. The molecule has 1 rings (SSSR count). The standard InChI is InChI=1S/C9H15N3O6S2/c1-19(15,16)11-3-2-4-12-20(17,18)7-5-8(9(13)14)10-6-7/h5-6,10-12H,2-4H2,1H3,(H,13,14). The number of aromatic nitrogens is 1. The van der Waals surface area contributed by atoms with Crippen LogP contribution in [-0.4, -0.2) is 52.2 Å². The molecule has 1 aromatic rings. The Hall–Kier alpha value is -1.43. The van der Waals surface area contributed by atoms with E-state index in [-0.39, 0.29) is 30.1 Å². The van der Waals surface area contributed by atoms with Crippen molar-refractivity contribution < 1.29 is 26.7 Å². The number of nitrogens with one attached hydrogen (secondary N) is 3. The minimum absolute atomic E-state index is 0.0262. The third-order valence-corrected chi connectivity index (χ3v) is 4.38. The Morgan fingerprint density at radius 1 is 1.25 bits per heavy atom. The molecule has 0 radical (unpaired) electrons. The first kappa shape index (κ1) is 16.6. The molecule has 11 heteroatoms. The molecule has 0 aliphatic heterocycles. The van der Waals surface area contributed by atoms with Gasteiger partial charge >= 0.3 is 5.97 Å². The summed E-state index contributed by atoms with van der Waals surface area (Å²) in [4.78, 5) is 12.8. The van der Waals surface area contributed by atoms with Crippen LogP contribution in [0.1, 0.15) is 16.9 Å². The molecule has 0 amide bonds. The van der Waals surface area contributed by atoms with E-state index in [1.54, 1.807) is 0 Å². The average Bonchev–Trinajstić information content (AvgIpc) is 2.76. The van der Waals surface area contributed by atoms with Crippen molar-refractivity contribution in [1.29, 1.82) is 0 Å². The molecule has 0 aliphatic rings. The van der Waals surface area contributed by atoms with Crippen LogP contribution >= 0.6 is 0 Å². The van der Waals surface area contributed by atoms with Crippen molar-refractivity contribution in [3.05, 3.63) is 18.0 Å². The Balaban J connectivity index is 2.51. The molecule has 0 atom stereocenters. The summed E-state index contributed by atoms with van der Waals surface area (Å²) in [6.45, 7) is 0.132. The summed E-state index contributed by atoms with van der Waals surface area (Å²) in [7, 11) is -7.11. The smallest absolute Gasteiger partial charge is 0.352 e. The largest absolute Gasteiger partial charge is 0.477 e. The van der Waals surface area contributed by atoms with E-state index in [1.165, 1.54) is 0 Å². The Bertz CT molecular complexity index is 676. The van der Waals surface area contributed by atoms with Crippen LogP contribution in [0.4, 0.5) is 0 Å². The number of aromatic amines is 1. The highest BCUT2D eigenvalue weighted by Gasteiger charge is 2.17. The number of rotatable bonds is 8. The SMILES string of the molecule is CS(=O)(=O)NCCCNS(=O)(=O)c1c[nH]c(C(=O)O)c1. The minimum atomic E-state index is -3.81. The van der Waals surface area contributed by atoms with Crippen LogP contribution in [0.25, 0.3) is 0 Å². The van der Waals surface area contributed by atoms with Crippen molar-refractivity contribution in [3.8, 4) is 0 Å². The van der Waals surface area contributed by atoms with Crippen molar-refractivity contribution >= 4 is 26.0 Å². The number of hydrogen-bond donors (Lipinski definition) is 4. The van der Waals surface area contributed by atoms with Gasteiger partial charge in [-0.05, 0) is 12.5 Å². The van der Waals surface area contributed by atoms with Gasteiger partial charge < -0.3 is 10.1 Å². The van der Waals surface area contributed by atoms with E-state index in [0.29, 0.717) is 0 Å². The van der Waals surface area contributed by atoms with Gasteiger partial charge in [-0.1, -0.05) is 0 Å². The van der Waals surface area contributed by atoms with Crippen molar-refractivity contribution in [1.82, 2.24) is 14.4 Å². The monoisotopic (exact) mass is 325 g/mol. The maximum atomic E-state index is 11.8. The van der Waals surface area contributed by atoms with Gasteiger partial charge in [-0.25, -0.2) is 31.1 Å². The van der Waals surface area contributed by atoms with E-state index < -0.39 is 26.0 Å². The first-order chi connectivity index (χ1) is 9.12. The van der Waals surface area contributed by atoms with Gasteiger partial charge in [-0.2, -0.15) is 0 Å². The zero-order valence-corrected chi connectivity index (χ0v) is 12.2. The van der Waals surface area contributed by atoms with Gasteiger partial charge in [0.2, 0.25) is 20.0 Å². The highest BCUT2D eigenvalue weighted by atomic mass is 32.2. The van der Waals surface area contributed by atoms with E-state index in [9.17, 15) is 21.6 Å². The molecule has 0 unspecified atom stereocenters. The second-order valence-corrected chi connectivity index (χ2v) is 7.57. The minimum Gasteiger partial charge on any atom is -0.477 e. The molecular formula is C9H15N3O6S2.